The van der Waals surface area contributed by atoms with E-state index in [-0.39, 0.29) is 4.90 Å². The third-order valence-electron chi connectivity index (χ3n) is 2.36. The molecule has 0 spiro atoms. The van der Waals surface area contributed by atoms with Crippen molar-refractivity contribution in [1.82, 2.24) is 0 Å². The van der Waals surface area contributed by atoms with Gasteiger partial charge in [-0.1, -0.05) is 0 Å². The first kappa shape index (κ1) is 12.1. The molecule has 0 aromatic heterocycles. The van der Waals surface area contributed by atoms with Gasteiger partial charge in [-0.2, -0.15) is 0 Å². The number of rotatable bonds is 2. The van der Waals surface area contributed by atoms with Crippen molar-refractivity contribution < 1.29 is 32.7 Å². The number of ketones is 1. The van der Waals surface area contributed by atoms with Gasteiger partial charge in [-0.05, 0) is 6.07 Å². The van der Waals surface area contributed by atoms with Crippen LogP contribution in [-0.4, -0.2) is 29.1 Å². The number of amides is 1. The highest BCUT2D eigenvalue weighted by molar-refractivity contribution is 6.52. The maximum Gasteiger partial charge on any atom is 0.360 e. The first-order valence-electron chi connectivity index (χ1n) is 4.58. The third-order valence-corrected chi connectivity index (χ3v) is 2.36. The van der Waals surface area contributed by atoms with Crippen molar-refractivity contribution in [3.8, 4) is 0 Å². The SMILES string of the molecule is O=C1C(=O)N(C(F)C(=O)O)c2c(F)cc(F)cc21. The molecule has 94 valence electrons. The van der Waals surface area contributed by atoms with E-state index < -0.39 is 46.8 Å². The number of hydrogen-bond donors (Lipinski definition) is 1. The number of halogens is 3. The molecule has 1 amide bonds. The highest BCUT2D eigenvalue weighted by Gasteiger charge is 2.45. The van der Waals surface area contributed by atoms with Crippen molar-refractivity contribution in [3.05, 3.63) is 29.3 Å². The van der Waals surface area contributed by atoms with Crippen LogP contribution in [0, 0.1) is 11.6 Å². The third kappa shape index (κ3) is 1.53. The Labute approximate surface area is 97.4 Å². The van der Waals surface area contributed by atoms with Gasteiger partial charge in [-0.25, -0.2) is 18.0 Å². The van der Waals surface area contributed by atoms with Crippen LogP contribution < -0.4 is 4.90 Å². The van der Waals surface area contributed by atoms with Gasteiger partial charge in [-0.15, -0.1) is 0 Å². The van der Waals surface area contributed by atoms with Crippen molar-refractivity contribution in [2.75, 3.05) is 4.90 Å². The Hall–Kier alpha value is -2.38. The lowest BCUT2D eigenvalue weighted by molar-refractivity contribution is -0.144. The molecule has 0 saturated heterocycles. The monoisotopic (exact) mass is 259 g/mol. The first-order valence-corrected chi connectivity index (χ1v) is 4.58. The van der Waals surface area contributed by atoms with E-state index in [9.17, 15) is 27.6 Å². The van der Waals surface area contributed by atoms with Crippen LogP contribution in [0.4, 0.5) is 18.9 Å². The summed E-state index contributed by atoms with van der Waals surface area (Å²) in [6, 6.07) is 0.875. The molecule has 0 aliphatic carbocycles. The number of Topliss-reactive ketones (excluding diaryl/α,β-unsaturated/α-hetero) is 1. The summed E-state index contributed by atoms with van der Waals surface area (Å²) < 4.78 is 39.6. The predicted molar refractivity (Wildman–Crippen MR) is 50.7 cm³/mol. The van der Waals surface area contributed by atoms with Gasteiger partial charge in [0.15, 0.2) is 5.82 Å². The van der Waals surface area contributed by atoms with E-state index in [1.165, 1.54) is 0 Å². The topological polar surface area (TPSA) is 74.7 Å². The number of anilines is 1. The molecule has 18 heavy (non-hydrogen) atoms. The van der Waals surface area contributed by atoms with Gasteiger partial charge >= 0.3 is 11.9 Å². The van der Waals surface area contributed by atoms with Crippen LogP contribution in [-0.2, 0) is 9.59 Å². The van der Waals surface area contributed by atoms with E-state index in [1.54, 1.807) is 0 Å². The van der Waals surface area contributed by atoms with Crippen molar-refractivity contribution >= 4 is 23.3 Å². The number of fused-ring (bicyclic) bond motifs is 1. The maximum absolute atomic E-state index is 13.4. The standard InChI is InChI=1S/C10H4F3NO4/c11-3-1-4-6(5(12)2-3)14(8(13)10(17)18)9(16)7(4)15/h1-2,8H,(H,17,18). The zero-order valence-electron chi connectivity index (χ0n) is 8.49. The molecule has 1 aliphatic heterocycles. The lowest BCUT2D eigenvalue weighted by Gasteiger charge is -2.18. The quantitative estimate of drug-likeness (QED) is 0.631. The van der Waals surface area contributed by atoms with Gasteiger partial charge < -0.3 is 5.11 Å². The molecule has 1 heterocycles. The van der Waals surface area contributed by atoms with E-state index in [2.05, 4.69) is 0 Å². The Kier molecular flexibility index (Phi) is 2.57. The van der Waals surface area contributed by atoms with E-state index in [0.29, 0.717) is 12.1 Å². The van der Waals surface area contributed by atoms with Gasteiger partial charge in [0.1, 0.15) is 5.82 Å². The van der Waals surface area contributed by atoms with Crippen molar-refractivity contribution in [3.63, 3.8) is 0 Å². The molecule has 1 N–H and O–H groups in total. The second kappa shape index (κ2) is 3.83. The average molecular weight is 259 g/mol. The van der Waals surface area contributed by atoms with E-state index in [0.717, 1.165) is 0 Å². The Morgan fingerprint density at radius 2 is 1.89 bits per heavy atom. The van der Waals surface area contributed by atoms with Crippen LogP contribution in [0.15, 0.2) is 12.1 Å². The number of nitrogens with zero attached hydrogens (tertiary/aromatic N) is 1. The minimum Gasteiger partial charge on any atom is -0.478 e. The van der Waals surface area contributed by atoms with Crippen LogP contribution in [0.1, 0.15) is 10.4 Å². The molecule has 0 fully saturated rings. The van der Waals surface area contributed by atoms with Gasteiger partial charge in [0.05, 0.1) is 11.3 Å². The molecule has 0 saturated carbocycles. The summed E-state index contributed by atoms with van der Waals surface area (Å²) in [5.41, 5.74) is -1.55. The summed E-state index contributed by atoms with van der Waals surface area (Å²) in [6.07, 6.45) is -2.91. The molecular weight excluding hydrogens is 255 g/mol. The second-order valence-corrected chi connectivity index (χ2v) is 3.46. The lowest BCUT2D eigenvalue weighted by Crippen LogP contribution is -2.42. The lowest BCUT2D eigenvalue weighted by atomic mass is 10.1. The second-order valence-electron chi connectivity index (χ2n) is 3.46. The molecule has 2 rings (SSSR count). The molecule has 5 nitrogen and oxygen atoms in total. The van der Waals surface area contributed by atoms with Crippen LogP contribution in [0.25, 0.3) is 0 Å². The summed E-state index contributed by atoms with van der Waals surface area (Å²) in [5.74, 6) is -7.47. The maximum atomic E-state index is 13.4. The summed E-state index contributed by atoms with van der Waals surface area (Å²) in [7, 11) is 0. The van der Waals surface area contributed by atoms with Crippen molar-refractivity contribution in [1.29, 1.82) is 0 Å². The number of benzene rings is 1. The minimum atomic E-state index is -2.91. The summed E-state index contributed by atoms with van der Waals surface area (Å²) in [4.78, 5) is 33.0. The Balaban J connectivity index is 2.65. The molecule has 1 atom stereocenters. The molecule has 1 aliphatic rings. The highest BCUT2D eigenvalue weighted by Crippen LogP contribution is 2.34. The average Bonchev–Trinajstić information content (AvgIpc) is 2.52. The number of alkyl halides is 1. The molecule has 1 aromatic rings. The van der Waals surface area contributed by atoms with E-state index >= 15 is 0 Å². The number of carbonyl (C=O) groups is 3. The van der Waals surface area contributed by atoms with Crippen LogP contribution >= 0.6 is 0 Å². The zero-order valence-corrected chi connectivity index (χ0v) is 8.49. The molecule has 8 heteroatoms. The normalized spacial score (nSPS) is 15.8. The van der Waals surface area contributed by atoms with Gasteiger partial charge in [-0.3, -0.25) is 14.5 Å². The Bertz CT molecular complexity index is 587. The minimum absolute atomic E-state index is 0.144. The molecule has 1 aromatic carbocycles. The number of carboxylic acid groups (broad SMARTS) is 1. The van der Waals surface area contributed by atoms with Gasteiger partial charge in [0.2, 0.25) is 0 Å². The smallest absolute Gasteiger partial charge is 0.360 e. The first-order chi connectivity index (χ1) is 8.34. The van der Waals surface area contributed by atoms with Crippen molar-refractivity contribution in [2.45, 2.75) is 6.30 Å². The summed E-state index contributed by atoms with van der Waals surface area (Å²) in [6.45, 7) is 0. The zero-order chi connectivity index (χ0) is 13.6. The van der Waals surface area contributed by atoms with Gasteiger partial charge in [0, 0.05) is 6.07 Å². The number of aliphatic carboxylic acids is 1. The fraction of sp³-hybridized carbons (Fsp3) is 0.100. The van der Waals surface area contributed by atoms with Crippen LogP contribution in [0.2, 0.25) is 0 Å². The van der Waals surface area contributed by atoms with Crippen LogP contribution in [0.5, 0.6) is 0 Å². The molecule has 0 bridgehead atoms. The number of carboxylic acids is 1. The molecule has 0 radical (unpaired) electrons. The fourth-order valence-electron chi connectivity index (χ4n) is 1.64. The van der Waals surface area contributed by atoms with E-state index in [1.807, 2.05) is 0 Å². The Morgan fingerprint density at radius 3 is 2.44 bits per heavy atom. The highest BCUT2D eigenvalue weighted by atomic mass is 19.1. The van der Waals surface area contributed by atoms with Crippen molar-refractivity contribution in [2.24, 2.45) is 0 Å². The van der Waals surface area contributed by atoms with Crippen LogP contribution in [0.3, 0.4) is 0 Å². The molecular formula is C10H4F3NO4. The largest absolute Gasteiger partial charge is 0.478 e. The number of hydrogen-bond acceptors (Lipinski definition) is 3. The summed E-state index contributed by atoms with van der Waals surface area (Å²) in [5, 5.41) is 8.44. The predicted octanol–water partition coefficient (Wildman–Crippen LogP) is 0.874. The fourth-order valence-corrected chi connectivity index (χ4v) is 1.64. The van der Waals surface area contributed by atoms with E-state index in [4.69, 9.17) is 5.11 Å². The number of carbonyl (C=O) groups excluding carboxylic acids is 2. The summed E-state index contributed by atoms with van der Waals surface area (Å²) >= 11 is 0. The van der Waals surface area contributed by atoms with Gasteiger partial charge in [0.25, 0.3) is 12.1 Å². The Morgan fingerprint density at radius 1 is 1.28 bits per heavy atom. The molecule has 1 unspecified atom stereocenters.